The van der Waals surface area contributed by atoms with E-state index in [-0.39, 0.29) is 11.9 Å². The molecule has 2 aliphatic heterocycles. The van der Waals surface area contributed by atoms with Crippen LogP contribution in [0.5, 0.6) is 0 Å². The fourth-order valence-electron chi connectivity index (χ4n) is 3.76. The molecule has 0 unspecified atom stereocenters. The van der Waals surface area contributed by atoms with Gasteiger partial charge in [0.2, 0.25) is 11.9 Å². The second kappa shape index (κ2) is 14.8. The van der Waals surface area contributed by atoms with Crippen LogP contribution in [0.1, 0.15) is 110 Å². The zero-order valence-corrected chi connectivity index (χ0v) is 18.6. The molecule has 0 bridgehead atoms. The minimum Gasteiger partial charge on any atom is -0.294 e. The van der Waals surface area contributed by atoms with Crippen LogP contribution < -0.4 is 5.32 Å². The van der Waals surface area contributed by atoms with Gasteiger partial charge in [0, 0.05) is 12.6 Å². The summed E-state index contributed by atoms with van der Waals surface area (Å²) in [5.41, 5.74) is 0.385. The van der Waals surface area contributed by atoms with Crippen molar-refractivity contribution in [2.45, 2.75) is 110 Å². The van der Waals surface area contributed by atoms with Crippen molar-refractivity contribution in [2.75, 3.05) is 0 Å². The first-order chi connectivity index (χ1) is 14.7. The summed E-state index contributed by atoms with van der Waals surface area (Å²) in [7, 11) is 0. The number of allylic oxidation sites excluding steroid dienone is 1. The number of guanidine groups is 1. The molecule has 0 aliphatic carbocycles. The number of fused-ring (bicyclic) bond motifs is 1. The Labute approximate surface area is 181 Å². The molecule has 6 heteroatoms. The third-order valence-corrected chi connectivity index (χ3v) is 5.59. The molecule has 0 fully saturated rings. The van der Waals surface area contributed by atoms with E-state index in [1.165, 1.54) is 89.7 Å². The summed E-state index contributed by atoms with van der Waals surface area (Å²) in [6, 6.07) is 0. The van der Waals surface area contributed by atoms with Crippen molar-refractivity contribution in [1.82, 2.24) is 5.32 Å². The van der Waals surface area contributed by atoms with Crippen molar-refractivity contribution in [3.63, 3.8) is 0 Å². The lowest BCUT2D eigenvalue weighted by atomic mass is 10.0. The lowest BCUT2D eigenvalue weighted by Gasteiger charge is -2.09. The molecular weight excluding hydrogens is 376 g/mol. The summed E-state index contributed by atoms with van der Waals surface area (Å²) in [6.45, 7) is 2.27. The lowest BCUT2D eigenvalue weighted by molar-refractivity contribution is -0.119. The number of nitrogens with zero attached hydrogens (tertiary/aromatic N) is 3. The van der Waals surface area contributed by atoms with Crippen LogP contribution in [-0.2, 0) is 9.59 Å². The Morgan fingerprint density at radius 1 is 0.800 bits per heavy atom. The van der Waals surface area contributed by atoms with Gasteiger partial charge in [-0.1, -0.05) is 96.8 Å². The molecule has 0 saturated carbocycles. The molecule has 0 aromatic carbocycles. The molecule has 2 rings (SSSR count). The van der Waals surface area contributed by atoms with Gasteiger partial charge in [0.05, 0.1) is 5.57 Å². The standard InChI is InChI=1S/C24H38N4O2/c1-2-3-4-5-6-7-8-9-10-11-12-13-14-15-16-17-21(29)26-24-27-22-20(18-19-25-22)23(30)28-24/h18-19H,2-17H2,1H3,(H,26,28,29,30). The monoisotopic (exact) mass is 414 g/mol. The lowest BCUT2D eigenvalue weighted by Crippen LogP contribution is -2.33. The zero-order chi connectivity index (χ0) is 21.4. The van der Waals surface area contributed by atoms with E-state index < -0.39 is 5.91 Å². The molecule has 0 radical (unpaired) electrons. The van der Waals surface area contributed by atoms with E-state index in [1.54, 1.807) is 6.08 Å². The highest BCUT2D eigenvalue weighted by atomic mass is 16.2. The topological polar surface area (TPSA) is 83.2 Å². The molecule has 30 heavy (non-hydrogen) atoms. The number of hydrogen-bond donors (Lipinski definition) is 1. The summed E-state index contributed by atoms with van der Waals surface area (Å²) >= 11 is 0. The molecule has 6 nitrogen and oxygen atoms in total. The van der Waals surface area contributed by atoms with Crippen LogP contribution in [0.2, 0.25) is 0 Å². The normalized spacial score (nSPS) is 15.0. The summed E-state index contributed by atoms with van der Waals surface area (Å²) in [6.07, 6.45) is 23.0. The zero-order valence-electron chi connectivity index (χ0n) is 18.6. The molecule has 0 aromatic rings. The minimum absolute atomic E-state index is 0.0529. The first-order valence-electron chi connectivity index (χ1n) is 12.0. The summed E-state index contributed by atoms with van der Waals surface area (Å²) in [4.78, 5) is 35.7. The Bertz CT molecular complexity index is 677. The van der Waals surface area contributed by atoms with E-state index in [9.17, 15) is 9.59 Å². The van der Waals surface area contributed by atoms with Gasteiger partial charge in [-0.25, -0.2) is 4.99 Å². The molecule has 0 saturated heterocycles. The van der Waals surface area contributed by atoms with Crippen molar-refractivity contribution in [3.05, 3.63) is 11.6 Å². The highest BCUT2D eigenvalue weighted by Gasteiger charge is 2.24. The van der Waals surface area contributed by atoms with Gasteiger partial charge in [-0.2, -0.15) is 9.98 Å². The fraction of sp³-hybridized carbons (Fsp3) is 0.708. The van der Waals surface area contributed by atoms with E-state index in [0.717, 1.165) is 12.8 Å². The van der Waals surface area contributed by atoms with E-state index in [4.69, 9.17) is 0 Å². The Hall–Kier alpha value is -2.11. The third-order valence-electron chi connectivity index (χ3n) is 5.59. The number of amidine groups is 1. The first-order valence-corrected chi connectivity index (χ1v) is 12.0. The number of aliphatic imine (C=N–C) groups is 3. The van der Waals surface area contributed by atoms with Crippen LogP contribution in [-0.4, -0.2) is 29.8 Å². The average molecular weight is 415 g/mol. The second-order valence-electron chi connectivity index (χ2n) is 8.28. The highest BCUT2D eigenvalue weighted by Crippen LogP contribution is 2.14. The predicted molar refractivity (Wildman–Crippen MR) is 124 cm³/mol. The summed E-state index contributed by atoms with van der Waals surface area (Å²) in [5.74, 6) is -0.163. The van der Waals surface area contributed by atoms with E-state index in [2.05, 4.69) is 27.2 Å². The number of amides is 2. The number of nitrogens with one attached hydrogen (secondary N) is 1. The predicted octanol–water partition coefficient (Wildman–Crippen LogP) is 5.67. The summed E-state index contributed by atoms with van der Waals surface area (Å²) in [5, 5.41) is 2.61. The number of rotatable bonds is 16. The minimum atomic E-state index is -0.403. The summed E-state index contributed by atoms with van der Waals surface area (Å²) < 4.78 is 0. The molecule has 166 valence electrons. The highest BCUT2D eigenvalue weighted by molar-refractivity contribution is 6.33. The SMILES string of the molecule is CCCCCCCCCCCCCCCCCC(=O)NC1=NC(=O)C2=CC=NC2=N1. The molecule has 0 atom stereocenters. The average Bonchev–Trinajstić information content (AvgIpc) is 3.20. The third kappa shape index (κ3) is 9.59. The van der Waals surface area contributed by atoms with Crippen molar-refractivity contribution < 1.29 is 9.59 Å². The smallest absolute Gasteiger partial charge is 0.284 e. The molecule has 1 N–H and O–H groups in total. The first kappa shape index (κ1) is 24.2. The van der Waals surface area contributed by atoms with Gasteiger partial charge in [-0.3, -0.25) is 14.9 Å². The van der Waals surface area contributed by atoms with Gasteiger partial charge < -0.3 is 0 Å². The second-order valence-corrected chi connectivity index (χ2v) is 8.28. The fourth-order valence-corrected chi connectivity index (χ4v) is 3.76. The molecule has 2 heterocycles. The van der Waals surface area contributed by atoms with Crippen LogP contribution in [0.4, 0.5) is 0 Å². The van der Waals surface area contributed by atoms with Gasteiger partial charge in [0.15, 0.2) is 5.84 Å². The quantitative estimate of drug-likeness (QED) is 0.330. The van der Waals surface area contributed by atoms with E-state index in [1.807, 2.05) is 0 Å². The molecule has 2 amide bonds. The van der Waals surface area contributed by atoms with Crippen molar-refractivity contribution in [2.24, 2.45) is 15.0 Å². The Balaban J connectivity index is 1.38. The Kier molecular flexibility index (Phi) is 11.9. The van der Waals surface area contributed by atoms with Crippen molar-refractivity contribution >= 4 is 29.8 Å². The number of unbranched alkanes of at least 4 members (excludes halogenated alkanes) is 14. The molecule has 0 aromatic heterocycles. The van der Waals surface area contributed by atoms with Crippen LogP contribution >= 0.6 is 0 Å². The molecular formula is C24H38N4O2. The number of hydrogen-bond acceptors (Lipinski definition) is 4. The van der Waals surface area contributed by atoms with E-state index in [0.29, 0.717) is 17.8 Å². The molecule has 0 spiro atoms. The van der Waals surface area contributed by atoms with Crippen molar-refractivity contribution in [3.8, 4) is 0 Å². The van der Waals surface area contributed by atoms with Crippen LogP contribution in [0, 0.1) is 0 Å². The van der Waals surface area contributed by atoms with Crippen LogP contribution in [0.25, 0.3) is 0 Å². The van der Waals surface area contributed by atoms with E-state index >= 15 is 0 Å². The Morgan fingerprint density at radius 2 is 1.33 bits per heavy atom. The maximum absolute atomic E-state index is 12.0. The Morgan fingerprint density at radius 3 is 1.90 bits per heavy atom. The van der Waals surface area contributed by atoms with Gasteiger partial charge >= 0.3 is 0 Å². The van der Waals surface area contributed by atoms with Gasteiger partial charge in [-0.05, 0) is 12.5 Å². The van der Waals surface area contributed by atoms with Gasteiger partial charge in [0.25, 0.3) is 5.91 Å². The largest absolute Gasteiger partial charge is 0.294 e. The molecule has 2 aliphatic rings. The maximum Gasteiger partial charge on any atom is 0.284 e. The van der Waals surface area contributed by atoms with Gasteiger partial charge in [0.1, 0.15) is 0 Å². The van der Waals surface area contributed by atoms with Crippen LogP contribution in [0.3, 0.4) is 0 Å². The van der Waals surface area contributed by atoms with Gasteiger partial charge in [-0.15, -0.1) is 0 Å². The van der Waals surface area contributed by atoms with Crippen LogP contribution in [0.15, 0.2) is 26.6 Å². The number of carbonyl (C=O) groups excluding carboxylic acids is 2. The van der Waals surface area contributed by atoms with Crippen molar-refractivity contribution in [1.29, 1.82) is 0 Å². The maximum atomic E-state index is 12.0. The number of carbonyl (C=O) groups is 2.